The van der Waals surface area contributed by atoms with E-state index in [0.717, 1.165) is 0 Å². The summed E-state index contributed by atoms with van der Waals surface area (Å²) in [5, 5.41) is 0. The first-order chi connectivity index (χ1) is 3.31. The van der Waals surface area contributed by atoms with E-state index in [1.807, 2.05) is 0 Å². The zero-order chi connectivity index (χ0) is 5.70. The molecule has 0 aliphatic carbocycles. The molecule has 0 amide bonds. The second kappa shape index (κ2) is 4.02. The van der Waals surface area contributed by atoms with Crippen LogP contribution in [0.15, 0.2) is 0 Å². The van der Waals surface area contributed by atoms with Gasteiger partial charge in [0.1, 0.15) is 6.17 Å². The first-order valence-electron chi connectivity index (χ1n) is 2.14. The third kappa shape index (κ3) is 3.69. The van der Waals surface area contributed by atoms with E-state index in [1.54, 1.807) is 0 Å². The Balaban J connectivity index is 2.83. The van der Waals surface area contributed by atoms with Crippen LogP contribution in [0.1, 0.15) is 0 Å². The standard InChI is InChI=1S/C4H10FNO/c1-7-3-4(5)2-6/h4H,2-3,6H2,1H3/t4-/m0/s1. The van der Waals surface area contributed by atoms with Crippen molar-refractivity contribution in [1.82, 2.24) is 0 Å². The van der Waals surface area contributed by atoms with E-state index < -0.39 is 6.17 Å². The van der Waals surface area contributed by atoms with Crippen molar-refractivity contribution in [1.29, 1.82) is 0 Å². The van der Waals surface area contributed by atoms with Crippen molar-refractivity contribution >= 4 is 0 Å². The summed E-state index contributed by atoms with van der Waals surface area (Å²) >= 11 is 0. The van der Waals surface area contributed by atoms with Crippen LogP contribution in [0.2, 0.25) is 0 Å². The molecule has 0 heterocycles. The van der Waals surface area contributed by atoms with Gasteiger partial charge in [-0.3, -0.25) is 0 Å². The lowest BCUT2D eigenvalue weighted by Crippen LogP contribution is -2.19. The normalized spacial score (nSPS) is 14.1. The molecular formula is C4H10FNO. The second-order valence-electron chi connectivity index (χ2n) is 1.29. The molecule has 0 bridgehead atoms. The lowest BCUT2D eigenvalue weighted by molar-refractivity contribution is 0.128. The van der Waals surface area contributed by atoms with Crippen LogP contribution in [-0.2, 0) is 4.74 Å². The van der Waals surface area contributed by atoms with Gasteiger partial charge >= 0.3 is 0 Å². The van der Waals surface area contributed by atoms with E-state index in [2.05, 4.69) is 4.74 Å². The summed E-state index contributed by atoms with van der Waals surface area (Å²) in [6.07, 6.45) is -0.995. The molecule has 3 heteroatoms. The van der Waals surface area contributed by atoms with Crippen LogP contribution < -0.4 is 5.73 Å². The average Bonchev–Trinajstić information content (AvgIpc) is 1.68. The van der Waals surface area contributed by atoms with Crippen molar-refractivity contribution in [3.63, 3.8) is 0 Å². The first kappa shape index (κ1) is 6.85. The van der Waals surface area contributed by atoms with Crippen molar-refractivity contribution in [3.8, 4) is 0 Å². The van der Waals surface area contributed by atoms with Gasteiger partial charge in [-0.25, -0.2) is 4.39 Å². The Morgan fingerprint density at radius 1 is 1.86 bits per heavy atom. The Hall–Kier alpha value is -0.150. The summed E-state index contributed by atoms with van der Waals surface area (Å²) in [5.74, 6) is 0. The largest absolute Gasteiger partial charge is 0.382 e. The van der Waals surface area contributed by atoms with E-state index in [-0.39, 0.29) is 13.2 Å². The quantitative estimate of drug-likeness (QED) is 0.548. The maximum absolute atomic E-state index is 11.9. The van der Waals surface area contributed by atoms with Crippen molar-refractivity contribution < 1.29 is 9.13 Å². The highest BCUT2D eigenvalue weighted by atomic mass is 19.1. The Morgan fingerprint density at radius 2 is 2.43 bits per heavy atom. The number of hydrogen-bond acceptors (Lipinski definition) is 2. The van der Waals surface area contributed by atoms with Crippen LogP contribution in [0.4, 0.5) is 4.39 Å². The van der Waals surface area contributed by atoms with Gasteiger partial charge in [-0.2, -0.15) is 0 Å². The molecular weight excluding hydrogens is 97.0 g/mol. The molecule has 1 atom stereocenters. The van der Waals surface area contributed by atoms with Gasteiger partial charge in [0.15, 0.2) is 0 Å². The SMILES string of the molecule is COC[C@@H](F)CN. The molecule has 44 valence electrons. The van der Waals surface area contributed by atoms with E-state index in [9.17, 15) is 4.39 Å². The molecule has 0 radical (unpaired) electrons. The number of methoxy groups -OCH3 is 1. The van der Waals surface area contributed by atoms with Gasteiger partial charge in [0.05, 0.1) is 6.61 Å². The molecule has 0 fully saturated rings. The number of rotatable bonds is 3. The van der Waals surface area contributed by atoms with Crippen molar-refractivity contribution in [2.24, 2.45) is 5.73 Å². The highest BCUT2D eigenvalue weighted by Gasteiger charge is 1.98. The number of ether oxygens (including phenoxy) is 1. The summed E-state index contributed by atoms with van der Waals surface area (Å²) in [5.41, 5.74) is 4.90. The number of hydrogen-bond donors (Lipinski definition) is 1. The molecule has 0 aromatic rings. The van der Waals surface area contributed by atoms with Crippen LogP contribution >= 0.6 is 0 Å². The summed E-state index contributed by atoms with van der Waals surface area (Å²) in [6, 6.07) is 0. The van der Waals surface area contributed by atoms with Crippen LogP contribution in [-0.4, -0.2) is 26.4 Å². The monoisotopic (exact) mass is 107 g/mol. The van der Waals surface area contributed by atoms with E-state index in [1.165, 1.54) is 7.11 Å². The van der Waals surface area contributed by atoms with E-state index in [0.29, 0.717) is 0 Å². The highest BCUT2D eigenvalue weighted by molar-refractivity contribution is 4.51. The lowest BCUT2D eigenvalue weighted by Gasteiger charge is -1.99. The number of nitrogens with two attached hydrogens (primary N) is 1. The first-order valence-corrected chi connectivity index (χ1v) is 2.14. The lowest BCUT2D eigenvalue weighted by atomic mass is 10.4. The maximum atomic E-state index is 11.9. The zero-order valence-electron chi connectivity index (χ0n) is 4.36. The Bertz CT molecular complexity index is 42.7. The van der Waals surface area contributed by atoms with Crippen molar-refractivity contribution in [3.05, 3.63) is 0 Å². The molecule has 0 spiro atoms. The zero-order valence-corrected chi connectivity index (χ0v) is 4.36. The van der Waals surface area contributed by atoms with Gasteiger partial charge in [0.2, 0.25) is 0 Å². The minimum absolute atomic E-state index is 0.0494. The van der Waals surface area contributed by atoms with E-state index in [4.69, 9.17) is 5.73 Å². The van der Waals surface area contributed by atoms with Crippen LogP contribution in [0, 0.1) is 0 Å². The fraction of sp³-hybridized carbons (Fsp3) is 1.00. The third-order valence-corrected chi connectivity index (χ3v) is 0.603. The minimum atomic E-state index is -0.995. The predicted octanol–water partition coefficient (Wildman–Crippen LogP) is -0.0704. The van der Waals surface area contributed by atoms with Gasteiger partial charge < -0.3 is 10.5 Å². The fourth-order valence-electron chi connectivity index (χ4n) is 0.249. The maximum Gasteiger partial charge on any atom is 0.135 e. The minimum Gasteiger partial charge on any atom is -0.382 e. The number of alkyl halides is 1. The van der Waals surface area contributed by atoms with Crippen LogP contribution in [0.25, 0.3) is 0 Å². The molecule has 0 saturated carbocycles. The summed E-state index contributed by atoms with van der Waals surface area (Å²) in [7, 11) is 1.45. The molecule has 2 nitrogen and oxygen atoms in total. The van der Waals surface area contributed by atoms with Crippen molar-refractivity contribution in [2.45, 2.75) is 6.17 Å². The van der Waals surface area contributed by atoms with E-state index >= 15 is 0 Å². The molecule has 0 aliphatic rings. The number of halogens is 1. The fourth-order valence-corrected chi connectivity index (χ4v) is 0.249. The molecule has 0 aromatic carbocycles. The van der Waals surface area contributed by atoms with Gasteiger partial charge in [0.25, 0.3) is 0 Å². The average molecular weight is 107 g/mol. The molecule has 0 aromatic heterocycles. The van der Waals surface area contributed by atoms with Gasteiger partial charge in [0, 0.05) is 13.7 Å². The third-order valence-electron chi connectivity index (χ3n) is 0.603. The second-order valence-corrected chi connectivity index (χ2v) is 1.29. The molecule has 0 unspecified atom stereocenters. The van der Waals surface area contributed by atoms with Crippen molar-refractivity contribution in [2.75, 3.05) is 20.3 Å². The molecule has 0 aliphatic heterocycles. The van der Waals surface area contributed by atoms with Crippen LogP contribution in [0.5, 0.6) is 0 Å². The summed E-state index contributed by atoms with van der Waals surface area (Å²) in [4.78, 5) is 0. The Labute approximate surface area is 42.5 Å². The topological polar surface area (TPSA) is 35.2 Å². The Kier molecular flexibility index (Phi) is 3.93. The Morgan fingerprint density at radius 3 is 2.57 bits per heavy atom. The molecule has 7 heavy (non-hydrogen) atoms. The van der Waals surface area contributed by atoms with Crippen LogP contribution in [0.3, 0.4) is 0 Å². The molecule has 2 N–H and O–H groups in total. The van der Waals surface area contributed by atoms with Gasteiger partial charge in [-0.15, -0.1) is 0 Å². The van der Waals surface area contributed by atoms with Gasteiger partial charge in [-0.05, 0) is 0 Å². The highest BCUT2D eigenvalue weighted by Crippen LogP contribution is 1.84. The summed E-state index contributed by atoms with van der Waals surface area (Å²) in [6.45, 7) is 0.157. The summed E-state index contributed by atoms with van der Waals surface area (Å²) < 4.78 is 16.3. The smallest absolute Gasteiger partial charge is 0.135 e. The van der Waals surface area contributed by atoms with Gasteiger partial charge in [-0.1, -0.05) is 0 Å². The molecule has 0 rings (SSSR count). The predicted molar refractivity (Wildman–Crippen MR) is 25.8 cm³/mol. The molecule has 0 saturated heterocycles.